The van der Waals surface area contributed by atoms with E-state index in [4.69, 9.17) is 0 Å². The largest absolute Gasteiger partial charge is 0.355 e. The molecule has 3 heteroatoms. The highest BCUT2D eigenvalue weighted by molar-refractivity contribution is 5.76. The molecule has 1 aliphatic rings. The van der Waals surface area contributed by atoms with Gasteiger partial charge in [0.15, 0.2) is 0 Å². The Kier molecular flexibility index (Phi) is 4.37. The molecule has 0 heterocycles. The van der Waals surface area contributed by atoms with E-state index in [0.717, 1.165) is 19.5 Å². The van der Waals surface area contributed by atoms with Crippen LogP contribution in [0.5, 0.6) is 0 Å². The second-order valence-corrected chi connectivity index (χ2v) is 5.29. The third-order valence-electron chi connectivity index (χ3n) is 3.65. The molecule has 0 atom stereocenters. The smallest absolute Gasteiger partial charge is 0.220 e. The number of hydrogen-bond donors (Lipinski definition) is 2. The van der Waals surface area contributed by atoms with Gasteiger partial charge in [0.05, 0.1) is 0 Å². The van der Waals surface area contributed by atoms with Gasteiger partial charge in [0.25, 0.3) is 0 Å². The minimum atomic E-state index is 0.168. The molecule has 0 aliphatic heterocycles. The molecule has 0 aromatic heterocycles. The number of aryl methyl sites for hydroxylation is 1. The zero-order valence-electron chi connectivity index (χ0n) is 11.0. The quantitative estimate of drug-likeness (QED) is 0.769. The van der Waals surface area contributed by atoms with Crippen molar-refractivity contribution in [1.29, 1.82) is 0 Å². The summed E-state index contributed by atoms with van der Waals surface area (Å²) in [6.07, 6.45) is 3.87. The van der Waals surface area contributed by atoms with E-state index in [0.29, 0.717) is 11.8 Å². The van der Waals surface area contributed by atoms with Crippen LogP contribution in [0.4, 0.5) is 0 Å². The van der Waals surface area contributed by atoms with E-state index >= 15 is 0 Å². The lowest BCUT2D eigenvalue weighted by molar-refractivity contribution is -0.121. The highest BCUT2D eigenvalue weighted by atomic mass is 16.1. The lowest BCUT2D eigenvalue weighted by atomic mass is 10.1. The summed E-state index contributed by atoms with van der Waals surface area (Å²) in [7, 11) is 1.97. The number of benzene rings is 1. The fourth-order valence-electron chi connectivity index (χ4n) is 2.24. The predicted molar refractivity (Wildman–Crippen MR) is 73.4 cm³/mol. The maximum atomic E-state index is 11.8. The minimum absolute atomic E-state index is 0.168. The lowest BCUT2D eigenvalue weighted by Gasteiger charge is -2.15. The summed E-state index contributed by atoms with van der Waals surface area (Å²) in [6, 6.07) is 10.2. The second kappa shape index (κ2) is 6.01. The van der Waals surface area contributed by atoms with Crippen LogP contribution in [-0.2, 0) is 11.2 Å². The fourth-order valence-corrected chi connectivity index (χ4v) is 2.24. The molecule has 0 saturated heterocycles. The summed E-state index contributed by atoms with van der Waals surface area (Å²) >= 11 is 0. The van der Waals surface area contributed by atoms with Crippen LogP contribution in [0.25, 0.3) is 0 Å². The SMILES string of the molecule is CNCC1(CNC(=O)CCc2ccccc2)CC1. The lowest BCUT2D eigenvalue weighted by Crippen LogP contribution is -2.34. The molecule has 3 nitrogen and oxygen atoms in total. The van der Waals surface area contributed by atoms with Crippen molar-refractivity contribution in [3.05, 3.63) is 35.9 Å². The van der Waals surface area contributed by atoms with Crippen molar-refractivity contribution in [3.8, 4) is 0 Å². The Hall–Kier alpha value is -1.35. The Balaban J connectivity index is 1.67. The van der Waals surface area contributed by atoms with Crippen LogP contribution < -0.4 is 10.6 Å². The molecule has 0 radical (unpaired) electrons. The van der Waals surface area contributed by atoms with E-state index in [1.54, 1.807) is 0 Å². The molecule has 98 valence electrons. The summed E-state index contributed by atoms with van der Waals surface area (Å²) in [4.78, 5) is 11.8. The van der Waals surface area contributed by atoms with Gasteiger partial charge in [-0.25, -0.2) is 0 Å². The van der Waals surface area contributed by atoms with Gasteiger partial charge in [0.2, 0.25) is 5.91 Å². The highest BCUT2D eigenvalue weighted by Crippen LogP contribution is 2.44. The monoisotopic (exact) mass is 246 g/mol. The van der Waals surface area contributed by atoms with E-state index < -0.39 is 0 Å². The maximum Gasteiger partial charge on any atom is 0.220 e. The van der Waals surface area contributed by atoms with Crippen molar-refractivity contribution in [3.63, 3.8) is 0 Å². The maximum absolute atomic E-state index is 11.8. The number of carbonyl (C=O) groups is 1. The molecule has 18 heavy (non-hydrogen) atoms. The van der Waals surface area contributed by atoms with Crippen LogP contribution in [0.3, 0.4) is 0 Å². The van der Waals surface area contributed by atoms with Crippen molar-refractivity contribution in [2.45, 2.75) is 25.7 Å². The number of nitrogens with one attached hydrogen (secondary N) is 2. The minimum Gasteiger partial charge on any atom is -0.355 e. The zero-order chi connectivity index (χ0) is 12.8. The van der Waals surface area contributed by atoms with E-state index in [1.807, 2.05) is 25.2 Å². The number of carbonyl (C=O) groups excluding carboxylic acids is 1. The van der Waals surface area contributed by atoms with Gasteiger partial charge >= 0.3 is 0 Å². The van der Waals surface area contributed by atoms with Crippen molar-refractivity contribution in [2.75, 3.05) is 20.1 Å². The average Bonchev–Trinajstić information content (AvgIpc) is 3.16. The first-order valence-electron chi connectivity index (χ1n) is 6.69. The number of hydrogen-bond acceptors (Lipinski definition) is 2. The molecule has 0 spiro atoms. The molecule has 2 N–H and O–H groups in total. The molecule has 1 amide bonds. The average molecular weight is 246 g/mol. The first-order valence-corrected chi connectivity index (χ1v) is 6.69. The third-order valence-corrected chi connectivity index (χ3v) is 3.65. The van der Waals surface area contributed by atoms with Crippen molar-refractivity contribution in [2.24, 2.45) is 5.41 Å². The van der Waals surface area contributed by atoms with Gasteiger partial charge in [-0.2, -0.15) is 0 Å². The van der Waals surface area contributed by atoms with Crippen molar-refractivity contribution < 1.29 is 4.79 Å². The Morgan fingerprint density at radius 2 is 1.94 bits per heavy atom. The van der Waals surface area contributed by atoms with Gasteiger partial charge in [-0.1, -0.05) is 30.3 Å². The topological polar surface area (TPSA) is 41.1 Å². The van der Waals surface area contributed by atoms with Gasteiger partial charge in [0.1, 0.15) is 0 Å². The third kappa shape index (κ3) is 3.84. The van der Waals surface area contributed by atoms with Gasteiger partial charge < -0.3 is 10.6 Å². The molecule has 0 unspecified atom stereocenters. The molecular weight excluding hydrogens is 224 g/mol. The Bertz CT molecular complexity index is 385. The zero-order valence-corrected chi connectivity index (χ0v) is 11.0. The number of amides is 1. The molecule has 1 saturated carbocycles. The molecule has 1 aromatic rings. The van der Waals surface area contributed by atoms with Crippen LogP contribution in [0.15, 0.2) is 30.3 Å². The van der Waals surface area contributed by atoms with Crippen LogP contribution in [0, 0.1) is 5.41 Å². The first-order chi connectivity index (χ1) is 8.74. The van der Waals surface area contributed by atoms with Crippen molar-refractivity contribution >= 4 is 5.91 Å². The second-order valence-electron chi connectivity index (χ2n) is 5.29. The van der Waals surface area contributed by atoms with Crippen molar-refractivity contribution in [1.82, 2.24) is 10.6 Å². The van der Waals surface area contributed by atoms with Crippen LogP contribution in [0.1, 0.15) is 24.8 Å². The Morgan fingerprint density at radius 1 is 1.22 bits per heavy atom. The summed E-state index contributed by atoms with van der Waals surface area (Å²) in [5, 5.41) is 6.26. The van der Waals surface area contributed by atoms with E-state index in [2.05, 4.69) is 22.8 Å². The van der Waals surface area contributed by atoms with E-state index in [1.165, 1.54) is 18.4 Å². The van der Waals surface area contributed by atoms with Gasteiger partial charge in [-0.05, 0) is 31.9 Å². The molecule has 1 fully saturated rings. The fraction of sp³-hybridized carbons (Fsp3) is 0.533. The molecule has 2 rings (SSSR count). The van der Waals surface area contributed by atoms with Gasteiger partial charge in [-0.15, -0.1) is 0 Å². The number of rotatable bonds is 7. The van der Waals surface area contributed by atoms with E-state index in [-0.39, 0.29) is 5.91 Å². The summed E-state index contributed by atoms with van der Waals surface area (Å²) in [5.74, 6) is 0.168. The first kappa shape index (κ1) is 13.1. The van der Waals surface area contributed by atoms with Gasteiger partial charge in [0, 0.05) is 24.9 Å². The van der Waals surface area contributed by atoms with E-state index in [9.17, 15) is 4.79 Å². The van der Waals surface area contributed by atoms with Gasteiger partial charge in [-0.3, -0.25) is 4.79 Å². The predicted octanol–water partition coefficient (Wildman–Crippen LogP) is 1.73. The molecule has 1 aromatic carbocycles. The Labute approximate surface area is 109 Å². The summed E-state index contributed by atoms with van der Waals surface area (Å²) in [5.41, 5.74) is 1.57. The summed E-state index contributed by atoms with van der Waals surface area (Å²) < 4.78 is 0. The van der Waals surface area contributed by atoms with Crippen LogP contribution in [0.2, 0.25) is 0 Å². The van der Waals surface area contributed by atoms with Crippen LogP contribution in [-0.4, -0.2) is 26.0 Å². The normalized spacial score (nSPS) is 16.3. The highest BCUT2D eigenvalue weighted by Gasteiger charge is 2.41. The van der Waals surface area contributed by atoms with Crippen LogP contribution >= 0.6 is 0 Å². The summed E-state index contributed by atoms with van der Waals surface area (Å²) in [6.45, 7) is 1.83. The Morgan fingerprint density at radius 3 is 2.56 bits per heavy atom. The standard InChI is InChI=1S/C15H22N2O/c1-16-11-15(9-10-15)12-17-14(18)8-7-13-5-3-2-4-6-13/h2-6,16H,7-12H2,1H3,(H,17,18). The molecule has 1 aliphatic carbocycles. The molecular formula is C15H22N2O. The molecule has 0 bridgehead atoms.